The molecule has 1 aliphatic heterocycles. The summed E-state index contributed by atoms with van der Waals surface area (Å²) in [5, 5.41) is 0. The van der Waals surface area contributed by atoms with Crippen LogP contribution in [-0.2, 0) is 4.79 Å². The van der Waals surface area contributed by atoms with Gasteiger partial charge in [-0.2, -0.15) is 0 Å². The number of benzene rings is 2. The number of rotatable bonds is 6. The molecule has 2 nitrogen and oxygen atoms in total. The Morgan fingerprint density at radius 3 is 1.96 bits per heavy atom. The summed E-state index contributed by atoms with van der Waals surface area (Å²) in [6.45, 7) is 0.820. The second-order valence-electron chi connectivity index (χ2n) is 7.87. The Balaban J connectivity index is 1.69. The quantitative estimate of drug-likeness (QED) is 0.691. The molecule has 0 N–H and O–H groups in total. The Morgan fingerprint density at radius 2 is 1.44 bits per heavy atom. The van der Waals surface area contributed by atoms with Gasteiger partial charge in [0, 0.05) is 6.42 Å². The molecule has 0 amide bonds. The highest BCUT2D eigenvalue weighted by Gasteiger charge is 2.37. The molecule has 142 valence electrons. The number of carbonyl (C=O) groups is 1. The number of nitrogens with zero attached hydrogens (tertiary/aromatic N) is 1. The molecule has 0 radical (unpaired) electrons. The Morgan fingerprint density at radius 1 is 0.889 bits per heavy atom. The number of Topliss-reactive ketones (excluding diaryl/α,β-unsaturated/α-hetero) is 1. The van der Waals surface area contributed by atoms with Crippen LogP contribution in [0.25, 0.3) is 0 Å². The van der Waals surface area contributed by atoms with Crippen LogP contribution in [-0.4, -0.2) is 23.3 Å². The minimum atomic E-state index is -0.281. The van der Waals surface area contributed by atoms with Crippen molar-refractivity contribution in [3.05, 3.63) is 71.3 Å². The maximum atomic E-state index is 13.5. The third-order valence-corrected chi connectivity index (χ3v) is 5.81. The van der Waals surface area contributed by atoms with Gasteiger partial charge in [0.1, 0.15) is 17.4 Å². The molecule has 1 aliphatic carbocycles. The summed E-state index contributed by atoms with van der Waals surface area (Å²) in [7, 11) is 0. The summed E-state index contributed by atoms with van der Waals surface area (Å²) in [5.74, 6) is 0.330. The fraction of sp³-hybridized carbons (Fsp3) is 0.435. The molecule has 1 saturated heterocycles. The zero-order valence-electron chi connectivity index (χ0n) is 15.4. The van der Waals surface area contributed by atoms with Gasteiger partial charge in [0.05, 0.1) is 12.1 Å². The van der Waals surface area contributed by atoms with Crippen molar-refractivity contribution in [2.75, 3.05) is 6.54 Å². The van der Waals surface area contributed by atoms with E-state index in [9.17, 15) is 13.6 Å². The molecule has 1 unspecified atom stereocenters. The molecule has 2 fully saturated rings. The first-order valence-electron chi connectivity index (χ1n) is 9.91. The van der Waals surface area contributed by atoms with E-state index < -0.39 is 0 Å². The van der Waals surface area contributed by atoms with Crippen molar-refractivity contribution in [2.24, 2.45) is 5.92 Å². The Kier molecular flexibility index (Phi) is 5.35. The lowest BCUT2D eigenvalue weighted by molar-refractivity contribution is -0.126. The molecule has 27 heavy (non-hydrogen) atoms. The second kappa shape index (κ2) is 7.89. The fourth-order valence-electron chi connectivity index (χ4n) is 4.22. The van der Waals surface area contributed by atoms with Gasteiger partial charge in [0.25, 0.3) is 0 Å². The molecule has 0 bridgehead atoms. The van der Waals surface area contributed by atoms with Crippen LogP contribution in [0.3, 0.4) is 0 Å². The summed E-state index contributed by atoms with van der Waals surface area (Å²) in [4.78, 5) is 15.2. The van der Waals surface area contributed by atoms with E-state index in [2.05, 4.69) is 4.90 Å². The van der Waals surface area contributed by atoms with Gasteiger partial charge in [0.15, 0.2) is 0 Å². The van der Waals surface area contributed by atoms with Gasteiger partial charge in [0.2, 0.25) is 0 Å². The van der Waals surface area contributed by atoms with E-state index >= 15 is 0 Å². The van der Waals surface area contributed by atoms with Crippen molar-refractivity contribution in [3.63, 3.8) is 0 Å². The van der Waals surface area contributed by atoms with E-state index in [-0.39, 0.29) is 23.7 Å². The van der Waals surface area contributed by atoms with Gasteiger partial charge < -0.3 is 0 Å². The monoisotopic (exact) mass is 369 g/mol. The van der Waals surface area contributed by atoms with Crippen molar-refractivity contribution >= 4 is 5.78 Å². The minimum absolute atomic E-state index is 0.112. The van der Waals surface area contributed by atoms with E-state index in [0.717, 1.165) is 49.8 Å². The summed E-state index contributed by atoms with van der Waals surface area (Å²) in [5.41, 5.74) is 1.88. The van der Waals surface area contributed by atoms with E-state index in [1.165, 1.54) is 24.3 Å². The van der Waals surface area contributed by atoms with Gasteiger partial charge in [-0.05, 0) is 73.5 Å². The maximum Gasteiger partial charge on any atom is 0.150 e. The Hall–Kier alpha value is -2.07. The van der Waals surface area contributed by atoms with Gasteiger partial charge in [-0.15, -0.1) is 0 Å². The number of hydrogen-bond donors (Lipinski definition) is 0. The predicted molar refractivity (Wildman–Crippen MR) is 101 cm³/mol. The van der Waals surface area contributed by atoms with Crippen LogP contribution in [0.5, 0.6) is 0 Å². The number of likely N-dealkylation sites (tertiary alicyclic amines) is 1. The van der Waals surface area contributed by atoms with Crippen molar-refractivity contribution in [1.29, 1.82) is 0 Å². The number of carbonyl (C=O) groups excluding carboxylic acids is 1. The molecular weight excluding hydrogens is 344 g/mol. The Bertz CT molecular complexity index is 738. The van der Waals surface area contributed by atoms with Crippen LogP contribution >= 0.6 is 0 Å². The topological polar surface area (TPSA) is 20.3 Å². The first-order chi connectivity index (χ1) is 13.1. The average molecular weight is 369 g/mol. The number of hydrogen-bond acceptors (Lipinski definition) is 2. The van der Waals surface area contributed by atoms with Crippen molar-refractivity contribution in [2.45, 2.75) is 50.6 Å². The van der Waals surface area contributed by atoms with Gasteiger partial charge in [-0.1, -0.05) is 30.7 Å². The van der Waals surface area contributed by atoms with Crippen molar-refractivity contribution in [3.8, 4) is 0 Å². The fourth-order valence-corrected chi connectivity index (χ4v) is 4.22. The van der Waals surface area contributed by atoms with Crippen LogP contribution in [0.2, 0.25) is 0 Å². The average Bonchev–Trinajstić information content (AvgIpc) is 3.49. The van der Waals surface area contributed by atoms with Gasteiger partial charge in [-0.25, -0.2) is 8.78 Å². The summed E-state index contributed by atoms with van der Waals surface area (Å²) < 4.78 is 27.0. The van der Waals surface area contributed by atoms with Crippen molar-refractivity contribution in [1.82, 2.24) is 4.90 Å². The first kappa shape index (κ1) is 18.3. The largest absolute Gasteiger partial charge is 0.298 e. The zero-order chi connectivity index (χ0) is 18.8. The molecule has 1 heterocycles. The van der Waals surface area contributed by atoms with E-state index in [1.807, 2.05) is 0 Å². The highest BCUT2D eigenvalue weighted by Crippen LogP contribution is 2.38. The van der Waals surface area contributed by atoms with Crippen LogP contribution in [0.4, 0.5) is 8.78 Å². The molecule has 2 aromatic rings. The summed E-state index contributed by atoms with van der Waals surface area (Å²) >= 11 is 0. The molecule has 1 atom stereocenters. The summed E-state index contributed by atoms with van der Waals surface area (Å²) in [6.07, 6.45) is 5.95. The molecule has 0 aromatic heterocycles. The molecule has 1 saturated carbocycles. The molecular formula is C23H25F2NO. The highest BCUT2D eigenvalue weighted by molar-refractivity contribution is 5.84. The molecule has 4 heteroatoms. The third kappa shape index (κ3) is 4.27. The standard InChI is InChI=1S/C23H25F2NO/c24-19-10-6-17(7-11-19)23(18-8-12-20(25)13-9-18)26-14-2-1-3-21(26)22(27)15-16-4-5-16/h6-13,16,21,23H,1-5,14-15H2. The lowest BCUT2D eigenvalue weighted by Gasteiger charge is -2.41. The van der Waals surface area contributed by atoms with Crippen LogP contribution < -0.4 is 0 Å². The van der Waals surface area contributed by atoms with E-state index in [0.29, 0.717) is 18.1 Å². The summed E-state index contributed by atoms with van der Waals surface area (Å²) in [6, 6.07) is 12.7. The molecule has 2 aromatic carbocycles. The highest BCUT2D eigenvalue weighted by atomic mass is 19.1. The molecule has 2 aliphatic rings. The van der Waals surface area contributed by atoms with Gasteiger partial charge in [-0.3, -0.25) is 9.69 Å². The first-order valence-corrected chi connectivity index (χ1v) is 9.91. The lowest BCUT2D eigenvalue weighted by atomic mass is 9.89. The number of piperidine rings is 1. The predicted octanol–water partition coefficient (Wildman–Crippen LogP) is 5.28. The van der Waals surface area contributed by atoms with Crippen molar-refractivity contribution < 1.29 is 13.6 Å². The lowest BCUT2D eigenvalue weighted by Crippen LogP contribution is -2.47. The normalized spacial score (nSPS) is 20.8. The number of halogens is 2. The van der Waals surface area contributed by atoms with E-state index in [1.54, 1.807) is 24.3 Å². The van der Waals surface area contributed by atoms with Gasteiger partial charge >= 0.3 is 0 Å². The van der Waals surface area contributed by atoms with Crippen LogP contribution in [0.1, 0.15) is 55.7 Å². The SMILES string of the molecule is O=C(CC1CC1)C1CCCCN1C(c1ccc(F)cc1)c1ccc(F)cc1. The number of ketones is 1. The Labute approximate surface area is 159 Å². The van der Waals surface area contributed by atoms with Crippen LogP contribution in [0, 0.1) is 17.6 Å². The maximum absolute atomic E-state index is 13.5. The third-order valence-electron chi connectivity index (χ3n) is 5.81. The zero-order valence-corrected chi connectivity index (χ0v) is 15.4. The van der Waals surface area contributed by atoms with Crippen LogP contribution in [0.15, 0.2) is 48.5 Å². The molecule has 4 rings (SSSR count). The second-order valence-corrected chi connectivity index (χ2v) is 7.87. The smallest absolute Gasteiger partial charge is 0.150 e. The van der Waals surface area contributed by atoms with E-state index in [4.69, 9.17) is 0 Å². The minimum Gasteiger partial charge on any atom is -0.298 e. The molecule has 0 spiro atoms.